The molecule has 0 saturated heterocycles. The van der Waals surface area contributed by atoms with Gasteiger partial charge in [0.05, 0.1) is 54.5 Å². The van der Waals surface area contributed by atoms with Crippen molar-refractivity contribution in [2.24, 2.45) is 0 Å². The monoisotopic (exact) mass is 656 g/mol. The highest BCUT2D eigenvalue weighted by Gasteiger charge is 2.21. The van der Waals surface area contributed by atoms with Crippen LogP contribution in [0.5, 0.6) is 5.75 Å². The number of nitrogens with zero attached hydrogens (tertiary/aromatic N) is 2. The maximum absolute atomic E-state index is 13.3. The minimum absolute atomic E-state index is 0.282. The zero-order valence-electron chi connectivity index (χ0n) is 28.9. The molecule has 0 fully saturated rings. The summed E-state index contributed by atoms with van der Waals surface area (Å²) in [6.45, 7) is 4.30. The number of aromatic nitrogens is 4. The highest BCUT2D eigenvalue weighted by Crippen LogP contribution is 2.35. The average Bonchev–Trinajstić information content (AvgIpc) is 3.88. The molecule has 3 aromatic heterocycles. The number of carbonyl (C=O) groups is 1. The lowest BCUT2D eigenvalue weighted by Crippen LogP contribution is -2.09. The molecule has 5 heterocycles. The lowest BCUT2D eigenvalue weighted by molar-refractivity contribution is -0.134. The van der Waals surface area contributed by atoms with Crippen LogP contribution >= 0.6 is 0 Å². The van der Waals surface area contributed by atoms with E-state index < -0.39 is 0 Å². The number of H-pyrrole nitrogens is 2. The first-order chi connectivity index (χ1) is 23.5. The fourth-order valence-corrected chi connectivity index (χ4v) is 5.93. The van der Waals surface area contributed by atoms with Crippen LogP contribution in [0.3, 0.4) is 0 Å². The van der Waals surface area contributed by atoms with E-state index in [0.29, 0.717) is 57.1 Å². The van der Waals surface area contributed by atoms with Crippen molar-refractivity contribution in [3.63, 3.8) is 0 Å². The van der Waals surface area contributed by atoms with Crippen molar-refractivity contribution in [1.82, 2.24) is 19.9 Å². The predicted octanol–water partition coefficient (Wildman–Crippen LogP) is 7.33. The van der Waals surface area contributed by atoms with E-state index in [1.807, 2.05) is 6.07 Å². The fraction of sp³-hybridized carbons (Fsp3) is 0.447. The first-order valence-corrected chi connectivity index (χ1v) is 16.8. The van der Waals surface area contributed by atoms with Gasteiger partial charge in [-0.15, -0.1) is 0 Å². The molecule has 0 radical (unpaired) electrons. The highest BCUT2D eigenvalue weighted by molar-refractivity contribution is 5.92. The van der Waals surface area contributed by atoms with Gasteiger partial charge in [-0.2, -0.15) is 0 Å². The Morgan fingerprint density at radius 2 is 1.25 bits per heavy atom. The first kappa shape index (κ1) is 35.2. The number of hydrogen-bond acceptors (Lipinski definition) is 8. The number of ether oxygens (including phenoxy) is 5. The molecular weight excluding hydrogens is 608 g/mol. The van der Waals surface area contributed by atoms with Crippen molar-refractivity contribution in [1.29, 1.82) is 0 Å². The van der Waals surface area contributed by atoms with Crippen molar-refractivity contribution in [2.75, 3.05) is 54.9 Å². The lowest BCUT2D eigenvalue weighted by Gasteiger charge is -2.09. The Labute approximate surface area is 282 Å². The second-order valence-corrected chi connectivity index (χ2v) is 12.1. The smallest absolute Gasteiger partial charge is 0.311 e. The minimum Gasteiger partial charge on any atom is -0.424 e. The van der Waals surface area contributed by atoms with Gasteiger partial charge in [0.2, 0.25) is 0 Å². The highest BCUT2D eigenvalue weighted by atomic mass is 16.5. The van der Waals surface area contributed by atoms with Gasteiger partial charge in [-0.3, -0.25) is 4.79 Å². The molecule has 48 heavy (non-hydrogen) atoms. The second kappa shape index (κ2) is 17.3. The average molecular weight is 657 g/mol. The fourth-order valence-electron chi connectivity index (χ4n) is 5.93. The molecule has 3 aromatic rings. The number of nitrogens with one attached hydrogen (secondary N) is 2. The molecule has 2 aliphatic rings. The van der Waals surface area contributed by atoms with Crippen molar-refractivity contribution >= 4 is 51.3 Å². The molecule has 8 bridgehead atoms. The van der Waals surface area contributed by atoms with Gasteiger partial charge in [-0.25, -0.2) is 9.97 Å². The number of methoxy groups -OCH3 is 4. The van der Waals surface area contributed by atoms with E-state index in [0.717, 1.165) is 93.5 Å². The van der Waals surface area contributed by atoms with Crippen LogP contribution in [0.15, 0.2) is 30.3 Å². The summed E-state index contributed by atoms with van der Waals surface area (Å²) in [6, 6.07) is 10.3. The molecule has 0 saturated carbocycles. The van der Waals surface area contributed by atoms with Crippen LogP contribution in [0.4, 0.5) is 0 Å². The third kappa shape index (κ3) is 8.68. The molecule has 0 atom stereocenters. The Balaban J connectivity index is 1.83. The zero-order chi connectivity index (χ0) is 33.9. The third-order valence-electron chi connectivity index (χ3n) is 8.57. The molecule has 256 valence electrons. The molecule has 0 aliphatic carbocycles. The van der Waals surface area contributed by atoms with Crippen LogP contribution in [-0.2, 0) is 36.6 Å². The van der Waals surface area contributed by atoms with Gasteiger partial charge < -0.3 is 33.7 Å². The second-order valence-electron chi connectivity index (χ2n) is 12.1. The largest absolute Gasteiger partial charge is 0.424 e. The van der Waals surface area contributed by atoms with Crippen molar-refractivity contribution in [3.05, 3.63) is 64.2 Å². The van der Waals surface area contributed by atoms with Gasteiger partial charge in [0.25, 0.3) is 0 Å². The summed E-state index contributed by atoms with van der Waals surface area (Å²) in [4.78, 5) is 30.6. The Kier molecular flexibility index (Phi) is 12.7. The Morgan fingerprint density at radius 3 is 1.92 bits per heavy atom. The quantitative estimate of drug-likeness (QED) is 0.114. The molecule has 0 aromatic carbocycles. The van der Waals surface area contributed by atoms with Crippen LogP contribution in [0.2, 0.25) is 0 Å². The van der Waals surface area contributed by atoms with E-state index in [-0.39, 0.29) is 5.97 Å². The van der Waals surface area contributed by atoms with Crippen LogP contribution in [0.1, 0.15) is 79.4 Å². The number of rotatable bonds is 17. The van der Waals surface area contributed by atoms with Crippen LogP contribution in [-0.4, -0.2) is 80.8 Å². The van der Waals surface area contributed by atoms with Gasteiger partial charge in [-0.1, -0.05) is 19.8 Å². The molecule has 0 amide bonds. The molecule has 10 nitrogen and oxygen atoms in total. The summed E-state index contributed by atoms with van der Waals surface area (Å²) in [5, 5.41) is 0. The summed E-state index contributed by atoms with van der Waals surface area (Å²) in [7, 11) is 6.79. The van der Waals surface area contributed by atoms with Crippen LogP contribution < -0.4 is 4.74 Å². The van der Waals surface area contributed by atoms with Gasteiger partial charge in [0, 0.05) is 52.0 Å². The maximum Gasteiger partial charge on any atom is 0.311 e. The number of esters is 1. The van der Waals surface area contributed by atoms with Crippen molar-refractivity contribution < 1.29 is 28.5 Å². The number of hydrogen-bond donors (Lipinski definition) is 2. The molecule has 2 N–H and O–H groups in total. The van der Waals surface area contributed by atoms with Gasteiger partial charge >= 0.3 is 5.97 Å². The van der Waals surface area contributed by atoms with E-state index in [1.165, 1.54) is 0 Å². The van der Waals surface area contributed by atoms with E-state index in [4.69, 9.17) is 33.7 Å². The minimum atomic E-state index is -0.282. The van der Waals surface area contributed by atoms with E-state index in [9.17, 15) is 4.79 Å². The molecule has 0 unspecified atom stereocenters. The number of aromatic amines is 2. The number of unbranched alkanes of at least 4 members (excludes halogenated alkanes) is 2. The Hall–Kier alpha value is -4.09. The van der Waals surface area contributed by atoms with E-state index in [1.54, 1.807) is 28.4 Å². The summed E-state index contributed by atoms with van der Waals surface area (Å²) in [5.74, 6) is 0.118. The maximum atomic E-state index is 13.3. The number of fused-ring (bicyclic) bond motifs is 10. The van der Waals surface area contributed by atoms with Crippen molar-refractivity contribution in [3.8, 4) is 5.75 Å². The lowest BCUT2D eigenvalue weighted by atomic mass is 10.1. The first-order valence-electron chi connectivity index (χ1n) is 16.8. The van der Waals surface area contributed by atoms with E-state index in [2.05, 4.69) is 53.3 Å². The molecule has 0 spiro atoms. The summed E-state index contributed by atoms with van der Waals surface area (Å²) < 4.78 is 28.0. The predicted molar refractivity (Wildman–Crippen MR) is 191 cm³/mol. The van der Waals surface area contributed by atoms with Gasteiger partial charge in [0.15, 0.2) is 5.75 Å². The topological polar surface area (TPSA) is 121 Å². The standard InChI is InChI=1S/C38H48N4O6/c1-6-7-8-9-37(43)48-36-24-31-27(14-18-46-4)22-33(41-31)32-20-25(12-16-44-2)29(39-32)10-11-30-26(13-17-45-3)21-34(40-30)35-23-28(15-19-47-5)38(36)42-35/h10-11,20-24,40-41H,6-9,12-19H2,1-5H3. The van der Waals surface area contributed by atoms with Crippen LogP contribution in [0, 0.1) is 0 Å². The Bertz CT molecular complexity index is 1800. The number of carbonyl (C=O) groups excluding carboxylic acids is 1. The van der Waals surface area contributed by atoms with Gasteiger partial charge in [0.1, 0.15) is 5.69 Å². The van der Waals surface area contributed by atoms with Gasteiger partial charge in [-0.05, 0) is 90.8 Å². The normalized spacial score (nSPS) is 12.7. The Morgan fingerprint density at radius 1 is 0.667 bits per heavy atom. The summed E-state index contributed by atoms with van der Waals surface area (Å²) >= 11 is 0. The SMILES string of the molecule is CCCCCC(=O)Oc1cc2[nH]c(cc2CCOC)c2nc(ccc3[nH]c(cc3CCOC)c3nc1C(CCOC)=C3)C(CCOC)=C2. The van der Waals surface area contributed by atoms with E-state index >= 15 is 0 Å². The molecular formula is C38H48N4O6. The zero-order valence-corrected chi connectivity index (χ0v) is 28.9. The van der Waals surface area contributed by atoms with Crippen molar-refractivity contribution in [2.45, 2.75) is 58.3 Å². The molecule has 2 aliphatic heterocycles. The molecule has 5 rings (SSSR count). The van der Waals surface area contributed by atoms with Crippen LogP contribution in [0.25, 0.3) is 45.4 Å². The third-order valence-corrected chi connectivity index (χ3v) is 8.57. The summed E-state index contributed by atoms with van der Waals surface area (Å²) in [6.07, 6.45) is 9.96. The summed E-state index contributed by atoms with van der Waals surface area (Å²) in [5.41, 5.74) is 10.7. The molecule has 10 heteroatoms.